The summed E-state index contributed by atoms with van der Waals surface area (Å²) in [7, 11) is 0. The van der Waals surface area contributed by atoms with Crippen LogP contribution in [0.15, 0.2) is 36.7 Å². The van der Waals surface area contributed by atoms with Crippen LogP contribution in [0, 0.1) is 11.3 Å². The first-order chi connectivity index (χ1) is 11.3. The number of carbonyl (C=O) groups excluding carboxylic acids is 1. The molecule has 1 aromatic carbocycles. The molecule has 1 saturated heterocycles. The van der Waals surface area contributed by atoms with Crippen molar-refractivity contribution in [2.75, 3.05) is 31.6 Å². The monoisotopic (exact) mass is 309 g/mol. The van der Waals surface area contributed by atoms with Crippen LogP contribution >= 0.6 is 0 Å². The molecule has 0 spiro atoms. The Kier molecular flexibility index (Phi) is 4.45. The molecule has 116 valence electrons. The van der Waals surface area contributed by atoms with Crippen LogP contribution < -0.4 is 5.32 Å². The van der Waals surface area contributed by atoms with Crippen LogP contribution in [0.4, 0.5) is 11.5 Å². The highest BCUT2D eigenvalue weighted by Gasteiger charge is 2.20. The number of nitrogens with one attached hydrogen (secondary N) is 1. The van der Waals surface area contributed by atoms with Crippen LogP contribution in [0.2, 0.25) is 0 Å². The molecule has 0 saturated carbocycles. The highest BCUT2D eigenvalue weighted by atomic mass is 16.5. The van der Waals surface area contributed by atoms with Crippen molar-refractivity contribution in [2.45, 2.75) is 0 Å². The summed E-state index contributed by atoms with van der Waals surface area (Å²) in [5.74, 6) is 0.326. The minimum absolute atomic E-state index is 0.146. The summed E-state index contributed by atoms with van der Waals surface area (Å²) in [6.45, 7) is 2.20. The van der Waals surface area contributed by atoms with Gasteiger partial charge in [0, 0.05) is 19.2 Å². The highest BCUT2D eigenvalue weighted by Crippen LogP contribution is 2.19. The SMILES string of the molecule is N#Cc1ccccc1Nc1cc(C(=O)N2CCOCC2)ncn1. The molecule has 1 N–H and O–H groups in total. The first-order valence-corrected chi connectivity index (χ1v) is 7.23. The number of nitrogens with zero attached hydrogens (tertiary/aromatic N) is 4. The van der Waals surface area contributed by atoms with Gasteiger partial charge >= 0.3 is 0 Å². The van der Waals surface area contributed by atoms with E-state index in [-0.39, 0.29) is 5.91 Å². The average molecular weight is 309 g/mol. The Morgan fingerprint density at radius 3 is 2.83 bits per heavy atom. The molecular weight excluding hydrogens is 294 g/mol. The molecule has 1 fully saturated rings. The molecule has 2 heterocycles. The second kappa shape index (κ2) is 6.85. The predicted molar refractivity (Wildman–Crippen MR) is 83.2 cm³/mol. The maximum Gasteiger partial charge on any atom is 0.272 e. The van der Waals surface area contributed by atoms with Gasteiger partial charge in [-0.2, -0.15) is 5.26 Å². The minimum atomic E-state index is -0.146. The largest absolute Gasteiger partial charge is 0.378 e. The number of carbonyl (C=O) groups is 1. The lowest BCUT2D eigenvalue weighted by Crippen LogP contribution is -2.41. The van der Waals surface area contributed by atoms with Crippen molar-refractivity contribution < 1.29 is 9.53 Å². The van der Waals surface area contributed by atoms with Crippen molar-refractivity contribution in [3.8, 4) is 6.07 Å². The molecule has 0 bridgehead atoms. The Bertz CT molecular complexity index is 750. The summed E-state index contributed by atoms with van der Waals surface area (Å²) >= 11 is 0. The van der Waals surface area contributed by atoms with Gasteiger partial charge in [0.15, 0.2) is 0 Å². The van der Waals surface area contributed by atoms with Crippen molar-refractivity contribution in [1.29, 1.82) is 5.26 Å². The zero-order valence-electron chi connectivity index (χ0n) is 12.4. The van der Waals surface area contributed by atoms with Crippen LogP contribution in [0.25, 0.3) is 0 Å². The number of para-hydroxylation sites is 1. The maximum atomic E-state index is 12.4. The lowest BCUT2D eigenvalue weighted by atomic mass is 10.2. The smallest absolute Gasteiger partial charge is 0.272 e. The fourth-order valence-electron chi connectivity index (χ4n) is 2.30. The van der Waals surface area contributed by atoms with Crippen molar-refractivity contribution >= 4 is 17.4 Å². The third-order valence-corrected chi connectivity index (χ3v) is 3.49. The van der Waals surface area contributed by atoms with Crippen LogP contribution in [0.3, 0.4) is 0 Å². The van der Waals surface area contributed by atoms with Crippen molar-refractivity contribution in [1.82, 2.24) is 14.9 Å². The molecule has 0 aliphatic carbocycles. The second-order valence-corrected chi connectivity index (χ2v) is 4.98. The van der Waals surface area contributed by atoms with E-state index in [9.17, 15) is 4.79 Å². The van der Waals surface area contributed by atoms with E-state index in [0.717, 1.165) is 0 Å². The molecule has 7 heteroatoms. The predicted octanol–water partition coefficient (Wildman–Crippen LogP) is 1.56. The average Bonchev–Trinajstić information content (AvgIpc) is 2.62. The molecule has 1 aromatic heterocycles. The Hall–Kier alpha value is -2.98. The fourth-order valence-corrected chi connectivity index (χ4v) is 2.30. The standard InChI is InChI=1S/C16H15N5O2/c17-10-12-3-1-2-4-13(12)20-15-9-14(18-11-19-15)16(22)21-5-7-23-8-6-21/h1-4,9,11H,5-8H2,(H,18,19,20). The van der Waals surface area contributed by atoms with E-state index in [0.29, 0.717) is 49.1 Å². The Morgan fingerprint density at radius 1 is 1.26 bits per heavy atom. The van der Waals surface area contributed by atoms with Gasteiger partial charge in [-0.1, -0.05) is 12.1 Å². The zero-order chi connectivity index (χ0) is 16.1. The van der Waals surface area contributed by atoms with E-state index in [2.05, 4.69) is 21.4 Å². The van der Waals surface area contributed by atoms with Crippen LogP contribution in [-0.2, 0) is 4.74 Å². The molecule has 7 nitrogen and oxygen atoms in total. The summed E-state index contributed by atoms with van der Waals surface area (Å²) < 4.78 is 5.24. The summed E-state index contributed by atoms with van der Waals surface area (Å²) in [6.07, 6.45) is 1.34. The molecule has 23 heavy (non-hydrogen) atoms. The lowest BCUT2D eigenvalue weighted by molar-refractivity contribution is 0.0299. The van der Waals surface area contributed by atoms with Gasteiger partial charge in [-0.3, -0.25) is 4.79 Å². The summed E-state index contributed by atoms with van der Waals surface area (Å²) in [6, 6.07) is 10.8. The lowest BCUT2D eigenvalue weighted by Gasteiger charge is -2.26. The van der Waals surface area contributed by atoms with E-state index in [4.69, 9.17) is 10.00 Å². The van der Waals surface area contributed by atoms with Crippen LogP contribution in [0.1, 0.15) is 16.1 Å². The van der Waals surface area contributed by atoms with Gasteiger partial charge in [0.05, 0.1) is 24.5 Å². The molecule has 0 atom stereocenters. The van der Waals surface area contributed by atoms with Gasteiger partial charge in [-0.25, -0.2) is 9.97 Å². The number of amides is 1. The number of hydrogen-bond acceptors (Lipinski definition) is 6. The van der Waals surface area contributed by atoms with Crippen molar-refractivity contribution in [3.05, 3.63) is 47.9 Å². The molecule has 3 rings (SSSR count). The number of morpholine rings is 1. The Balaban J connectivity index is 1.80. The quantitative estimate of drug-likeness (QED) is 0.925. The molecule has 2 aromatic rings. The second-order valence-electron chi connectivity index (χ2n) is 4.98. The highest BCUT2D eigenvalue weighted by molar-refractivity contribution is 5.93. The van der Waals surface area contributed by atoms with Crippen molar-refractivity contribution in [3.63, 3.8) is 0 Å². The van der Waals surface area contributed by atoms with Crippen LogP contribution in [-0.4, -0.2) is 47.1 Å². The number of benzene rings is 1. The van der Waals surface area contributed by atoms with E-state index >= 15 is 0 Å². The molecule has 1 amide bonds. The number of hydrogen-bond donors (Lipinski definition) is 1. The maximum absolute atomic E-state index is 12.4. The van der Waals surface area contributed by atoms with Gasteiger partial charge in [0.2, 0.25) is 0 Å². The van der Waals surface area contributed by atoms with E-state index in [1.54, 1.807) is 29.2 Å². The number of nitriles is 1. The third-order valence-electron chi connectivity index (χ3n) is 3.49. The number of ether oxygens (including phenoxy) is 1. The minimum Gasteiger partial charge on any atom is -0.378 e. The Labute approximate surface area is 133 Å². The summed E-state index contributed by atoms with van der Waals surface area (Å²) in [5.41, 5.74) is 1.46. The fraction of sp³-hybridized carbons (Fsp3) is 0.250. The number of rotatable bonds is 3. The normalized spacial score (nSPS) is 14.1. The first-order valence-electron chi connectivity index (χ1n) is 7.23. The number of aromatic nitrogens is 2. The molecule has 0 radical (unpaired) electrons. The first kappa shape index (κ1) is 14.9. The number of anilines is 2. The van der Waals surface area contributed by atoms with Gasteiger partial charge < -0.3 is 15.0 Å². The molecular formula is C16H15N5O2. The summed E-state index contributed by atoms with van der Waals surface area (Å²) in [5, 5.41) is 12.2. The van der Waals surface area contributed by atoms with Gasteiger partial charge in [0.1, 0.15) is 23.9 Å². The topological polar surface area (TPSA) is 91.1 Å². The zero-order valence-corrected chi connectivity index (χ0v) is 12.4. The Morgan fingerprint density at radius 2 is 2.04 bits per heavy atom. The van der Waals surface area contributed by atoms with Crippen LogP contribution in [0.5, 0.6) is 0 Å². The molecule has 0 unspecified atom stereocenters. The molecule has 1 aliphatic rings. The van der Waals surface area contributed by atoms with Gasteiger partial charge in [0.25, 0.3) is 5.91 Å². The van der Waals surface area contributed by atoms with Gasteiger partial charge in [-0.15, -0.1) is 0 Å². The van der Waals surface area contributed by atoms with Crippen molar-refractivity contribution in [2.24, 2.45) is 0 Å². The third kappa shape index (κ3) is 3.44. The van der Waals surface area contributed by atoms with E-state index in [1.807, 2.05) is 6.07 Å². The summed E-state index contributed by atoms with van der Waals surface area (Å²) in [4.78, 5) is 22.3. The van der Waals surface area contributed by atoms with E-state index < -0.39 is 0 Å². The van der Waals surface area contributed by atoms with E-state index in [1.165, 1.54) is 6.33 Å². The van der Waals surface area contributed by atoms with Gasteiger partial charge in [-0.05, 0) is 12.1 Å². The molecule has 1 aliphatic heterocycles.